The molecule has 1 saturated heterocycles. The van der Waals surface area contributed by atoms with Gasteiger partial charge in [0.25, 0.3) is 0 Å². The van der Waals surface area contributed by atoms with Crippen molar-refractivity contribution in [2.75, 3.05) is 31.4 Å². The molecule has 1 atom stereocenters. The molecular weight excluding hydrogens is 324 g/mol. The molecule has 2 rings (SSSR count). The van der Waals surface area contributed by atoms with Crippen molar-refractivity contribution in [1.82, 2.24) is 0 Å². The molecule has 1 heterocycles. The molecule has 0 aliphatic carbocycles. The third kappa shape index (κ3) is 3.99. The van der Waals surface area contributed by atoms with Gasteiger partial charge in [-0.05, 0) is 12.1 Å². The van der Waals surface area contributed by atoms with Crippen LogP contribution in [0.3, 0.4) is 0 Å². The number of carbonyl (C=O) groups is 2. The lowest BCUT2D eigenvalue weighted by Gasteiger charge is -2.18. The topological polar surface area (TPSA) is 116 Å². The van der Waals surface area contributed by atoms with E-state index in [0.717, 1.165) is 0 Å². The highest BCUT2D eigenvalue weighted by atomic mass is 32.2. The Morgan fingerprint density at radius 1 is 1.39 bits per heavy atom. The molecule has 1 amide bonds. The van der Waals surface area contributed by atoms with Gasteiger partial charge in [0.05, 0.1) is 20.0 Å². The van der Waals surface area contributed by atoms with Crippen LogP contribution in [0.25, 0.3) is 0 Å². The Morgan fingerprint density at radius 3 is 2.65 bits per heavy atom. The molecule has 0 radical (unpaired) electrons. The van der Waals surface area contributed by atoms with Crippen molar-refractivity contribution in [1.29, 1.82) is 0 Å². The zero-order chi connectivity index (χ0) is 17.2. The maximum absolute atomic E-state index is 12.1. The van der Waals surface area contributed by atoms with Gasteiger partial charge >= 0.3 is 5.97 Å². The minimum atomic E-state index is -3.64. The van der Waals surface area contributed by atoms with Gasteiger partial charge in [-0.25, -0.2) is 18.4 Å². The van der Waals surface area contributed by atoms with E-state index in [1.54, 1.807) is 12.1 Å². The molecular formula is C14H18N2O6S. The normalized spacial score (nSPS) is 18.1. The summed E-state index contributed by atoms with van der Waals surface area (Å²) in [7, 11) is -0.970. The maximum Gasteiger partial charge on any atom is 0.341 e. The highest BCUT2D eigenvalue weighted by Gasteiger charge is 2.33. The van der Waals surface area contributed by atoms with E-state index < -0.39 is 16.0 Å². The Morgan fingerprint density at radius 2 is 2.09 bits per heavy atom. The Labute approximate surface area is 134 Å². The number of nitrogens with zero attached hydrogens (tertiary/aromatic N) is 1. The van der Waals surface area contributed by atoms with Gasteiger partial charge in [0.2, 0.25) is 15.9 Å². The zero-order valence-corrected chi connectivity index (χ0v) is 13.6. The number of primary sulfonamides is 1. The molecule has 126 valence electrons. The highest BCUT2D eigenvalue weighted by molar-refractivity contribution is 7.89. The highest BCUT2D eigenvalue weighted by Crippen LogP contribution is 2.30. The van der Waals surface area contributed by atoms with Crippen LogP contribution in [-0.2, 0) is 19.6 Å². The summed E-state index contributed by atoms with van der Waals surface area (Å²) >= 11 is 0. The van der Waals surface area contributed by atoms with Gasteiger partial charge in [-0.1, -0.05) is 0 Å². The molecule has 23 heavy (non-hydrogen) atoms. The molecule has 0 bridgehead atoms. The SMILES string of the molecule is COC(=O)c1ccc(N2CC(CS(N)(=O)=O)CC2=O)cc1OC. The van der Waals surface area contributed by atoms with Crippen LogP contribution in [0.5, 0.6) is 5.75 Å². The summed E-state index contributed by atoms with van der Waals surface area (Å²) < 4.78 is 32.1. The maximum atomic E-state index is 12.1. The summed E-state index contributed by atoms with van der Waals surface area (Å²) in [4.78, 5) is 25.2. The van der Waals surface area contributed by atoms with Crippen LogP contribution in [0.4, 0.5) is 5.69 Å². The quantitative estimate of drug-likeness (QED) is 0.760. The van der Waals surface area contributed by atoms with Crippen LogP contribution < -0.4 is 14.8 Å². The molecule has 2 N–H and O–H groups in total. The third-order valence-electron chi connectivity index (χ3n) is 3.58. The molecule has 0 spiro atoms. The van der Waals surface area contributed by atoms with Crippen LogP contribution in [-0.4, -0.2) is 46.8 Å². The fourth-order valence-electron chi connectivity index (χ4n) is 2.60. The molecule has 8 nitrogen and oxygen atoms in total. The predicted molar refractivity (Wildman–Crippen MR) is 82.8 cm³/mol. The number of ether oxygens (including phenoxy) is 2. The summed E-state index contributed by atoms with van der Waals surface area (Å²) in [5.74, 6) is -1.08. The molecule has 1 fully saturated rings. The van der Waals surface area contributed by atoms with Gasteiger partial charge in [-0.2, -0.15) is 0 Å². The number of carbonyl (C=O) groups excluding carboxylic acids is 2. The second-order valence-corrected chi connectivity index (χ2v) is 6.94. The smallest absolute Gasteiger partial charge is 0.341 e. The number of nitrogens with two attached hydrogens (primary N) is 1. The second-order valence-electron chi connectivity index (χ2n) is 5.28. The van der Waals surface area contributed by atoms with E-state index in [-0.39, 0.29) is 41.9 Å². The van der Waals surface area contributed by atoms with E-state index in [9.17, 15) is 18.0 Å². The van der Waals surface area contributed by atoms with Crippen molar-refractivity contribution in [2.24, 2.45) is 11.1 Å². The lowest BCUT2D eigenvalue weighted by atomic mass is 10.1. The lowest BCUT2D eigenvalue weighted by molar-refractivity contribution is -0.117. The molecule has 1 unspecified atom stereocenters. The fraction of sp³-hybridized carbons (Fsp3) is 0.429. The van der Waals surface area contributed by atoms with E-state index in [4.69, 9.17) is 9.88 Å². The van der Waals surface area contributed by atoms with E-state index in [1.165, 1.54) is 25.2 Å². The number of sulfonamides is 1. The number of amides is 1. The number of methoxy groups -OCH3 is 2. The largest absolute Gasteiger partial charge is 0.496 e. The van der Waals surface area contributed by atoms with Crippen molar-refractivity contribution < 1.29 is 27.5 Å². The minimum absolute atomic E-state index is 0.109. The molecule has 1 aromatic rings. The molecule has 0 saturated carbocycles. The number of anilines is 1. The number of hydrogen-bond acceptors (Lipinski definition) is 6. The van der Waals surface area contributed by atoms with Crippen molar-refractivity contribution in [3.8, 4) is 5.75 Å². The number of rotatable bonds is 5. The van der Waals surface area contributed by atoms with E-state index in [2.05, 4.69) is 4.74 Å². The van der Waals surface area contributed by atoms with Crippen LogP contribution in [0.2, 0.25) is 0 Å². The Bertz CT molecular complexity index is 731. The van der Waals surface area contributed by atoms with Crippen LogP contribution in [0, 0.1) is 5.92 Å². The first kappa shape index (κ1) is 17.2. The summed E-state index contributed by atoms with van der Waals surface area (Å²) in [5, 5.41) is 5.03. The Balaban J connectivity index is 2.25. The lowest BCUT2D eigenvalue weighted by Crippen LogP contribution is -2.27. The first-order valence-corrected chi connectivity index (χ1v) is 8.54. The molecule has 0 aromatic heterocycles. The first-order chi connectivity index (χ1) is 10.7. The summed E-state index contributed by atoms with van der Waals surface area (Å²) in [6.07, 6.45) is 0.109. The summed E-state index contributed by atoms with van der Waals surface area (Å²) in [6.45, 7) is 0.246. The third-order valence-corrected chi connectivity index (χ3v) is 4.51. The average Bonchev–Trinajstić information content (AvgIpc) is 2.84. The van der Waals surface area contributed by atoms with Gasteiger partial charge < -0.3 is 14.4 Å². The first-order valence-electron chi connectivity index (χ1n) is 6.82. The number of hydrogen-bond donors (Lipinski definition) is 1. The van der Waals surface area contributed by atoms with Gasteiger partial charge in [0.15, 0.2) is 0 Å². The van der Waals surface area contributed by atoms with Crippen molar-refractivity contribution in [3.05, 3.63) is 23.8 Å². The molecule has 1 aromatic carbocycles. The number of esters is 1. The van der Waals surface area contributed by atoms with Crippen molar-refractivity contribution in [3.63, 3.8) is 0 Å². The van der Waals surface area contributed by atoms with Crippen LogP contribution >= 0.6 is 0 Å². The Kier molecular flexibility index (Phi) is 4.90. The molecule has 1 aliphatic heterocycles. The van der Waals surface area contributed by atoms with Crippen molar-refractivity contribution >= 4 is 27.6 Å². The van der Waals surface area contributed by atoms with Gasteiger partial charge in [-0.3, -0.25) is 4.79 Å². The van der Waals surface area contributed by atoms with Crippen molar-refractivity contribution in [2.45, 2.75) is 6.42 Å². The van der Waals surface area contributed by atoms with E-state index >= 15 is 0 Å². The average molecular weight is 342 g/mol. The standard InChI is InChI=1S/C14H18N2O6S/c1-21-12-6-10(3-4-11(12)14(18)22-2)16-7-9(5-13(16)17)8-23(15,19)20/h3-4,6,9H,5,7-8H2,1-2H3,(H2,15,19,20). The molecule has 1 aliphatic rings. The van der Waals surface area contributed by atoms with Gasteiger partial charge in [0, 0.05) is 30.6 Å². The van der Waals surface area contributed by atoms with E-state index in [1.807, 2.05) is 0 Å². The zero-order valence-electron chi connectivity index (χ0n) is 12.8. The summed E-state index contributed by atoms with van der Waals surface area (Å²) in [6, 6.07) is 4.63. The van der Waals surface area contributed by atoms with Crippen LogP contribution in [0.15, 0.2) is 18.2 Å². The van der Waals surface area contributed by atoms with Gasteiger partial charge in [-0.15, -0.1) is 0 Å². The fourth-order valence-corrected chi connectivity index (χ4v) is 3.48. The monoisotopic (exact) mass is 342 g/mol. The summed E-state index contributed by atoms with van der Waals surface area (Å²) in [5.41, 5.74) is 0.767. The Hall–Kier alpha value is -2.13. The van der Waals surface area contributed by atoms with Crippen LogP contribution in [0.1, 0.15) is 16.8 Å². The minimum Gasteiger partial charge on any atom is -0.496 e. The second kappa shape index (κ2) is 6.55. The van der Waals surface area contributed by atoms with Gasteiger partial charge in [0.1, 0.15) is 11.3 Å². The predicted octanol–water partition coefficient (Wildman–Crippen LogP) is 0.123. The number of benzene rings is 1. The van der Waals surface area contributed by atoms with E-state index in [0.29, 0.717) is 5.69 Å². The molecule has 9 heteroatoms.